The molecule has 2 aliphatic rings. The molecule has 0 spiro atoms. The lowest BCUT2D eigenvalue weighted by molar-refractivity contribution is -0.132. The number of ether oxygens (including phenoxy) is 1. The predicted octanol–water partition coefficient (Wildman–Crippen LogP) is 1.02. The van der Waals surface area contributed by atoms with Crippen molar-refractivity contribution in [1.29, 1.82) is 0 Å². The maximum atomic E-state index is 12.8. The van der Waals surface area contributed by atoms with E-state index < -0.39 is 42.4 Å². The fraction of sp³-hybridized carbons (Fsp3) is 0.864. The molecule has 2 fully saturated rings. The molecule has 1 saturated heterocycles. The van der Waals surface area contributed by atoms with E-state index in [0.29, 0.717) is 12.8 Å². The molecule has 0 unspecified atom stereocenters. The summed E-state index contributed by atoms with van der Waals surface area (Å²) in [4.78, 5) is 39.3. The van der Waals surface area contributed by atoms with Crippen LogP contribution in [-0.4, -0.2) is 76.5 Å². The van der Waals surface area contributed by atoms with Crippen molar-refractivity contribution in [2.24, 2.45) is 17.8 Å². The van der Waals surface area contributed by atoms with Gasteiger partial charge in [-0.1, -0.05) is 13.8 Å². The van der Waals surface area contributed by atoms with Gasteiger partial charge in [-0.05, 0) is 58.3 Å². The Kier molecular flexibility index (Phi) is 8.71. The average molecular weight is 442 g/mol. The highest BCUT2D eigenvalue weighted by atomic mass is 16.6. The number of rotatable bonds is 9. The molecule has 0 aromatic heterocycles. The second kappa shape index (κ2) is 10.6. The van der Waals surface area contributed by atoms with Crippen molar-refractivity contribution in [3.8, 4) is 0 Å². The number of aliphatic hydroxyl groups excluding tert-OH is 2. The minimum atomic E-state index is -1.04. The van der Waals surface area contributed by atoms with Crippen LogP contribution in [0.3, 0.4) is 0 Å². The van der Waals surface area contributed by atoms with Gasteiger partial charge in [0.1, 0.15) is 11.6 Å². The van der Waals surface area contributed by atoms with Crippen LogP contribution in [0.2, 0.25) is 0 Å². The summed E-state index contributed by atoms with van der Waals surface area (Å²) in [6.45, 7) is 10.1. The van der Waals surface area contributed by atoms with Gasteiger partial charge < -0.3 is 30.5 Å². The lowest BCUT2D eigenvalue weighted by atomic mass is 10.0. The third-order valence-electron chi connectivity index (χ3n) is 5.66. The molecule has 4 N–H and O–H groups in total. The molecule has 0 radical (unpaired) electrons. The van der Waals surface area contributed by atoms with Crippen LogP contribution in [0.25, 0.3) is 0 Å². The van der Waals surface area contributed by atoms with Gasteiger partial charge in [-0.2, -0.15) is 0 Å². The van der Waals surface area contributed by atoms with E-state index in [-0.39, 0.29) is 23.7 Å². The van der Waals surface area contributed by atoms with Crippen molar-refractivity contribution in [2.75, 3.05) is 19.7 Å². The summed E-state index contributed by atoms with van der Waals surface area (Å²) in [6.07, 6.45) is 1.19. The highest BCUT2D eigenvalue weighted by molar-refractivity contribution is 5.86. The molecule has 0 aromatic rings. The van der Waals surface area contributed by atoms with Gasteiger partial charge in [-0.3, -0.25) is 9.59 Å². The van der Waals surface area contributed by atoms with Gasteiger partial charge in [0.25, 0.3) is 0 Å². The monoisotopic (exact) mass is 441 g/mol. The molecule has 1 aliphatic carbocycles. The van der Waals surface area contributed by atoms with E-state index in [9.17, 15) is 24.6 Å². The van der Waals surface area contributed by atoms with Crippen molar-refractivity contribution in [3.63, 3.8) is 0 Å². The van der Waals surface area contributed by atoms with Crippen LogP contribution in [0.15, 0.2) is 0 Å². The van der Waals surface area contributed by atoms with E-state index in [2.05, 4.69) is 10.6 Å². The average Bonchev–Trinajstić information content (AvgIpc) is 3.26. The summed E-state index contributed by atoms with van der Waals surface area (Å²) in [5, 5.41) is 25.7. The minimum Gasteiger partial charge on any atom is -0.444 e. The number of carbonyl (C=O) groups excluding carboxylic acids is 3. The number of alkyl carbamates (subject to hydrolysis) is 1. The van der Waals surface area contributed by atoms with Crippen molar-refractivity contribution in [2.45, 2.75) is 84.1 Å². The Bertz CT molecular complexity index is 642. The third kappa shape index (κ3) is 7.64. The summed E-state index contributed by atoms with van der Waals surface area (Å²) in [5.74, 6) is -0.873. The van der Waals surface area contributed by atoms with Crippen LogP contribution in [0.1, 0.15) is 60.3 Å². The maximum absolute atomic E-state index is 12.8. The van der Waals surface area contributed by atoms with Crippen molar-refractivity contribution < 1.29 is 29.3 Å². The van der Waals surface area contributed by atoms with Crippen LogP contribution in [0, 0.1) is 17.8 Å². The smallest absolute Gasteiger partial charge is 0.408 e. The molecule has 1 aliphatic heterocycles. The summed E-state index contributed by atoms with van der Waals surface area (Å²) in [7, 11) is 0. The fourth-order valence-corrected chi connectivity index (χ4v) is 4.02. The summed E-state index contributed by atoms with van der Waals surface area (Å²) >= 11 is 0. The molecule has 178 valence electrons. The van der Waals surface area contributed by atoms with E-state index in [1.165, 1.54) is 0 Å². The Hall–Kier alpha value is -1.87. The number of aliphatic hydroxyl groups is 2. The molecule has 3 amide bonds. The zero-order valence-electron chi connectivity index (χ0n) is 19.4. The Balaban J connectivity index is 1.95. The molecular formula is C22H39N3O6. The second-order valence-corrected chi connectivity index (χ2v) is 10.2. The zero-order chi connectivity index (χ0) is 23.3. The Morgan fingerprint density at radius 3 is 2.26 bits per heavy atom. The zero-order valence-corrected chi connectivity index (χ0v) is 19.4. The molecule has 9 nitrogen and oxygen atoms in total. The van der Waals surface area contributed by atoms with Crippen LogP contribution in [0.5, 0.6) is 0 Å². The largest absolute Gasteiger partial charge is 0.444 e. The van der Waals surface area contributed by atoms with E-state index in [0.717, 1.165) is 25.9 Å². The van der Waals surface area contributed by atoms with Crippen LogP contribution < -0.4 is 10.6 Å². The predicted molar refractivity (Wildman–Crippen MR) is 115 cm³/mol. The molecule has 0 aromatic carbocycles. The number of carbonyl (C=O) groups is 3. The van der Waals surface area contributed by atoms with Crippen LogP contribution in [-0.2, 0) is 14.3 Å². The molecule has 2 rings (SSSR count). The summed E-state index contributed by atoms with van der Waals surface area (Å²) < 4.78 is 5.25. The van der Waals surface area contributed by atoms with Gasteiger partial charge in [-0.15, -0.1) is 0 Å². The lowest BCUT2D eigenvalue weighted by Gasteiger charge is -2.27. The van der Waals surface area contributed by atoms with Gasteiger partial charge in [0.15, 0.2) is 0 Å². The lowest BCUT2D eigenvalue weighted by Crippen LogP contribution is -2.55. The fourth-order valence-electron chi connectivity index (χ4n) is 4.02. The molecule has 1 saturated carbocycles. The summed E-state index contributed by atoms with van der Waals surface area (Å²) in [5.41, 5.74) is -0.699. The number of nitrogens with zero attached hydrogens (tertiary/aromatic N) is 1. The standard InChI is InChI=1S/C22H39N3O6/c1-13(2)10-16(24-21(30)31-22(3,4)5)19(28)23-17(12-26)18(27)14-11-15(14)20(29)25-8-6-7-9-25/h13-18,26-27H,6-12H2,1-5H3,(H,23,28)(H,24,30)/t14-,15+,16+,17+,18-/m1/s1. The number of amides is 3. The quantitative estimate of drug-likeness (QED) is 0.423. The summed E-state index contributed by atoms with van der Waals surface area (Å²) in [6, 6.07) is -1.78. The highest BCUT2D eigenvalue weighted by Crippen LogP contribution is 2.44. The van der Waals surface area contributed by atoms with E-state index in [4.69, 9.17) is 4.74 Å². The topological polar surface area (TPSA) is 128 Å². The van der Waals surface area contributed by atoms with Crippen molar-refractivity contribution >= 4 is 17.9 Å². The number of hydrogen-bond acceptors (Lipinski definition) is 6. The minimum absolute atomic E-state index is 0.0499. The third-order valence-corrected chi connectivity index (χ3v) is 5.66. The first-order valence-corrected chi connectivity index (χ1v) is 11.3. The van der Waals surface area contributed by atoms with E-state index in [1.54, 1.807) is 20.8 Å². The first kappa shape index (κ1) is 25.4. The number of nitrogens with one attached hydrogen (secondary N) is 2. The Morgan fingerprint density at radius 1 is 1.13 bits per heavy atom. The Labute approximate surface area is 184 Å². The van der Waals surface area contributed by atoms with Gasteiger partial charge in [0.2, 0.25) is 11.8 Å². The SMILES string of the molecule is CC(C)C[C@H](NC(=O)OC(C)(C)C)C(=O)N[C@@H](CO)[C@H](O)[C@@H]1C[C@@H]1C(=O)N1CCCC1. The molecule has 0 bridgehead atoms. The second-order valence-electron chi connectivity index (χ2n) is 10.2. The van der Waals surface area contributed by atoms with Crippen LogP contribution in [0.4, 0.5) is 4.79 Å². The Morgan fingerprint density at radius 2 is 1.74 bits per heavy atom. The van der Waals surface area contributed by atoms with Crippen LogP contribution >= 0.6 is 0 Å². The first-order chi connectivity index (χ1) is 14.4. The molecule has 5 atom stereocenters. The molecule has 9 heteroatoms. The van der Waals surface area contributed by atoms with Gasteiger partial charge in [0.05, 0.1) is 18.8 Å². The molecule has 1 heterocycles. The van der Waals surface area contributed by atoms with E-state index in [1.807, 2.05) is 18.7 Å². The maximum Gasteiger partial charge on any atom is 0.408 e. The molecule has 31 heavy (non-hydrogen) atoms. The number of hydrogen-bond donors (Lipinski definition) is 4. The first-order valence-electron chi connectivity index (χ1n) is 11.3. The highest BCUT2D eigenvalue weighted by Gasteiger charge is 2.51. The van der Waals surface area contributed by atoms with Crippen molar-refractivity contribution in [1.82, 2.24) is 15.5 Å². The molecular weight excluding hydrogens is 402 g/mol. The number of likely N-dealkylation sites (tertiary alicyclic amines) is 1. The normalized spacial score (nSPS) is 23.8. The van der Waals surface area contributed by atoms with Crippen molar-refractivity contribution in [3.05, 3.63) is 0 Å². The van der Waals surface area contributed by atoms with Gasteiger partial charge in [0, 0.05) is 19.0 Å². The van der Waals surface area contributed by atoms with Gasteiger partial charge in [-0.25, -0.2) is 4.79 Å². The van der Waals surface area contributed by atoms with Gasteiger partial charge >= 0.3 is 6.09 Å². The van der Waals surface area contributed by atoms with E-state index >= 15 is 0 Å².